The number of hydrogen-bond donors (Lipinski definition) is 0. The molecule has 0 atom stereocenters. The van der Waals surface area contributed by atoms with Gasteiger partial charge in [0.25, 0.3) is 0 Å². The van der Waals surface area contributed by atoms with Crippen molar-refractivity contribution in [2.24, 2.45) is 0 Å². The van der Waals surface area contributed by atoms with E-state index < -0.39 is 18.2 Å². The van der Waals surface area contributed by atoms with Crippen LogP contribution in [0, 0.1) is 11.6 Å². The summed E-state index contributed by atoms with van der Waals surface area (Å²) in [6.07, 6.45) is 0.862. The molecule has 0 aromatic heterocycles. The molecule has 0 saturated heterocycles. The van der Waals surface area contributed by atoms with Gasteiger partial charge in [-0.2, -0.15) is 8.78 Å². The lowest BCUT2D eigenvalue weighted by Gasteiger charge is -2.11. The quantitative estimate of drug-likeness (QED) is 0.308. The Morgan fingerprint density at radius 1 is 0.767 bits per heavy atom. The van der Waals surface area contributed by atoms with Crippen LogP contribution in [0.4, 0.5) is 17.6 Å². The molecule has 0 bridgehead atoms. The highest BCUT2D eigenvalue weighted by Crippen LogP contribution is 2.33. The molecule has 0 N–H and O–H groups in total. The zero-order valence-corrected chi connectivity index (χ0v) is 16.1. The molecule has 5 heteroatoms. The van der Waals surface area contributed by atoms with E-state index in [0.717, 1.165) is 17.4 Å². The maximum Gasteiger partial charge on any atom is 0.387 e. The summed E-state index contributed by atoms with van der Waals surface area (Å²) >= 11 is 0. The fourth-order valence-electron chi connectivity index (χ4n) is 3.52. The van der Waals surface area contributed by atoms with Gasteiger partial charge in [-0.05, 0) is 46.7 Å². The smallest absolute Gasteiger partial charge is 0.387 e. The summed E-state index contributed by atoms with van der Waals surface area (Å²) in [5, 5.41) is 1.29. The van der Waals surface area contributed by atoms with E-state index in [1.165, 1.54) is 30.3 Å². The molecule has 0 spiro atoms. The molecule has 0 aliphatic heterocycles. The predicted octanol–water partition coefficient (Wildman–Crippen LogP) is 7.62. The SMILES string of the molecule is CCc1ccc2c(F)c(-c3ccc(-c4ccc(OC(F)F)cc4)c(F)c3)ccc2c1. The minimum Gasteiger partial charge on any atom is -0.435 e. The van der Waals surface area contributed by atoms with Gasteiger partial charge >= 0.3 is 6.61 Å². The van der Waals surface area contributed by atoms with Crippen LogP contribution in [0.1, 0.15) is 12.5 Å². The summed E-state index contributed by atoms with van der Waals surface area (Å²) in [6, 6.07) is 19.3. The molecule has 0 amide bonds. The van der Waals surface area contributed by atoms with Crippen molar-refractivity contribution in [1.29, 1.82) is 0 Å². The summed E-state index contributed by atoms with van der Waals surface area (Å²) < 4.78 is 58.7. The first-order valence-electron chi connectivity index (χ1n) is 9.52. The maximum atomic E-state index is 15.1. The Kier molecular flexibility index (Phi) is 5.44. The molecule has 0 unspecified atom stereocenters. The predicted molar refractivity (Wildman–Crippen MR) is 111 cm³/mol. The van der Waals surface area contributed by atoms with Gasteiger partial charge in [0.1, 0.15) is 17.4 Å². The van der Waals surface area contributed by atoms with E-state index in [2.05, 4.69) is 4.74 Å². The highest BCUT2D eigenvalue weighted by Gasteiger charge is 2.13. The van der Waals surface area contributed by atoms with Gasteiger partial charge in [-0.3, -0.25) is 0 Å². The van der Waals surface area contributed by atoms with Crippen molar-refractivity contribution in [2.45, 2.75) is 20.0 Å². The fourth-order valence-corrected chi connectivity index (χ4v) is 3.52. The molecule has 4 rings (SSSR count). The second kappa shape index (κ2) is 8.19. The molecule has 0 saturated carbocycles. The van der Waals surface area contributed by atoms with Gasteiger partial charge in [-0.15, -0.1) is 0 Å². The number of halogens is 4. The second-order valence-electron chi connectivity index (χ2n) is 6.93. The Balaban J connectivity index is 1.68. The summed E-state index contributed by atoms with van der Waals surface area (Å²) in [5.41, 5.74) is 2.66. The molecule has 0 aliphatic carbocycles. The Morgan fingerprint density at radius 2 is 1.47 bits per heavy atom. The fraction of sp³-hybridized carbons (Fsp3) is 0.120. The number of fused-ring (bicyclic) bond motifs is 1. The van der Waals surface area contributed by atoms with Gasteiger partial charge in [0.15, 0.2) is 0 Å². The van der Waals surface area contributed by atoms with Crippen LogP contribution in [0.2, 0.25) is 0 Å². The van der Waals surface area contributed by atoms with Gasteiger partial charge < -0.3 is 4.74 Å². The van der Waals surface area contributed by atoms with E-state index in [1.807, 2.05) is 25.1 Å². The van der Waals surface area contributed by atoms with Gasteiger partial charge in [0.05, 0.1) is 0 Å². The van der Waals surface area contributed by atoms with Gasteiger partial charge in [-0.25, -0.2) is 8.78 Å². The Bertz CT molecular complexity index is 1200. The number of hydrogen-bond acceptors (Lipinski definition) is 1. The zero-order valence-electron chi connectivity index (χ0n) is 16.1. The van der Waals surface area contributed by atoms with Crippen molar-refractivity contribution < 1.29 is 22.3 Å². The van der Waals surface area contributed by atoms with Gasteiger partial charge in [-0.1, -0.05) is 61.5 Å². The largest absolute Gasteiger partial charge is 0.435 e. The maximum absolute atomic E-state index is 15.1. The molecule has 0 heterocycles. The highest BCUT2D eigenvalue weighted by molar-refractivity contribution is 5.89. The lowest BCUT2D eigenvalue weighted by Crippen LogP contribution is -2.01. The van der Waals surface area contributed by atoms with Gasteiger partial charge in [0, 0.05) is 16.5 Å². The average molecular weight is 410 g/mol. The van der Waals surface area contributed by atoms with E-state index in [0.29, 0.717) is 22.1 Å². The van der Waals surface area contributed by atoms with Crippen molar-refractivity contribution in [3.8, 4) is 28.0 Å². The Hall–Kier alpha value is -3.34. The van der Waals surface area contributed by atoms with Crippen molar-refractivity contribution in [2.75, 3.05) is 0 Å². The number of benzene rings is 4. The van der Waals surface area contributed by atoms with Gasteiger partial charge in [0.2, 0.25) is 0 Å². The molecule has 0 fully saturated rings. The van der Waals surface area contributed by atoms with Crippen LogP contribution < -0.4 is 4.74 Å². The van der Waals surface area contributed by atoms with Crippen molar-refractivity contribution in [1.82, 2.24) is 0 Å². The van der Waals surface area contributed by atoms with E-state index in [4.69, 9.17) is 0 Å². The third-order valence-corrected chi connectivity index (χ3v) is 5.10. The number of ether oxygens (including phenoxy) is 1. The number of rotatable bonds is 5. The molecule has 152 valence electrons. The minimum absolute atomic E-state index is 0.00440. The van der Waals surface area contributed by atoms with E-state index >= 15 is 4.39 Å². The highest BCUT2D eigenvalue weighted by atomic mass is 19.3. The van der Waals surface area contributed by atoms with E-state index in [-0.39, 0.29) is 11.3 Å². The summed E-state index contributed by atoms with van der Waals surface area (Å²) in [5.74, 6) is -0.929. The Morgan fingerprint density at radius 3 is 2.13 bits per heavy atom. The van der Waals surface area contributed by atoms with Crippen LogP contribution in [0.25, 0.3) is 33.0 Å². The third-order valence-electron chi connectivity index (χ3n) is 5.10. The monoisotopic (exact) mass is 410 g/mol. The van der Waals surface area contributed by atoms with Crippen LogP contribution in [-0.4, -0.2) is 6.61 Å². The number of alkyl halides is 2. The van der Waals surface area contributed by atoms with Crippen molar-refractivity contribution in [3.63, 3.8) is 0 Å². The number of aryl methyl sites for hydroxylation is 1. The first-order chi connectivity index (χ1) is 14.5. The molecular weight excluding hydrogens is 392 g/mol. The lowest BCUT2D eigenvalue weighted by molar-refractivity contribution is -0.0498. The van der Waals surface area contributed by atoms with Crippen LogP contribution in [-0.2, 0) is 6.42 Å². The lowest BCUT2D eigenvalue weighted by atomic mass is 9.96. The van der Waals surface area contributed by atoms with Crippen LogP contribution in [0.3, 0.4) is 0 Å². The van der Waals surface area contributed by atoms with E-state index in [1.54, 1.807) is 24.3 Å². The normalized spacial score (nSPS) is 11.3. The summed E-state index contributed by atoms with van der Waals surface area (Å²) in [4.78, 5) is 0. The first kappa shape index (κ1) is 20.0. The van der Waals surface area contributed by atoms with Crippen molar-refractivity contribution in [3.05, 3.63) is 90.0 Å². The average Bonchev–Trinajstić information content (AvgIpc) is 2.74. The van der Waals surface area contributed by atoms with Crippen LogP contribution in [0.15, 0.2) is 72.8 Å². The van der Waals surface area contributed by atoms with E-state index in [9.17, 15) is 13.2 Å². The molecular formula is C25H18F4O. The standard InChI is InChI=1S/C25H18F4O/c1-2-15-3-10-21-17(13-15)7-12-22(24(21)27)18-6-11-20(23(26)14-18)16-4-8-19(9-5-16)30-25(28)29/h3-14,25H,2H2,1H3. The molecule has 0 aliphatic rings. The van der Waals surface area contributed by atoms with Crippen molar-refractivity contribution >= 4 is 10.8 Å². The Labute approximate surface area is 171 Å². The minimum atomic E-state index is -2.92. The second-order valence-corrected chi connectivity index (χ2v) is 6.93. The van der Waals surface area contributed by atoms with Crippen LogP contribution in [0.5, 0.6) is 5.75 Å². The molecule has 1 nitrogen and oxygen atoms in total. The topological polar surface area (TPSA) is 9.23 Å². The summed E-state index contributed by atoms with van der Waals surface area (Å²) in [6.45, 7) is -0.882. The van der Waals surface area contributed by atoms with Crippen LogP contribution >= 0.6 is 0 Å². The third kappa shape index (κ3) is 3.88. The molecule has 30 heavy (non-hydrogen) atoms. The summed E-state index contributed by atoms with van der Waals surface area (Å²) in [7, 11) is 0. The first-order valence-corrected chi connectivity index (χ1v) is 9.52. The molecule has 0 radical (unpaired) electrons. The zero-order chi connectivity index (χ0) is 21.3. The molecule has 4 aromatic rings. The molecule has 4 aromatic carbocycles.